The number of hydrogen-bond donors (Lipinski definition) is 1. The Kier molecular flexibility index (Phi) is 1.47. The van der Waals surface area contributed by atoms with Gasteiger partial charge in [-0.15, -0.1) is 0 Å². The SMILES string of the molecule is C[C@@]1(CO)C[C@H]1C(F)F. The third-order valence-corrected chi connectivity index (χ3v) is 2.09. The van der Waals surface area contributed by atoms with Crippen molar-refractivity contribution in [3.63, 3.8) is 0 Å². The van der Waals surface area contributed by atoms with Gasteiger partial charge in [-0.2, -0.15) is 0 Å². The van der Waals surface area contributed by atoms with Crippen LogP contribution in [0.5, 0.6) is 0 Å². The summed E-state index contributed by atoms with van der Waals surface area (Å²) in [7, 11) is 0. The van der Waals surface area contributed by atoms with Gasteiger partial charge in [-0.1, -0.05) is 6.92 Å². The van der Waals surface area contributed by atoms with Crippen molar-refractivity contribution >= 4 is 0 Å². The molecule has 0 amide bonds. The number of aliphatic hydroxyl groups is 1. The summed E-state index contributed by atoms with van der Waals surface area (Å²) in [6.45, 7) is 1.58. The number of rotatable bonds is 2. The summed E-state index contributed by atoms with van der Waals surface area (Å²) in [6.07, 6.45) is -1.77. The molecule has 1 rings (SSSR count). The van der Waals surface area contributed by atoms with Gasteiger partial charge < -0.3 is 5.11 Å². The summed E-state index contributed by atoms with van der Waals surface area (Å²) in [5.41, 5.74) is -0.464. The molecular weight excluding hydrogens is 126 g/mol. The van der Waals surface area contributed by atoms with Crippen molar-refractivity contribution in [1.29, 1.82) is 0 Å². The highest BCUT2D eigenvalue weighted by atomic mass is 19.3. The molecule has 1 aliphatic carbocycles. The Labute approximate surface area is 52.7 Å². The molecule has 0 aromatic heterocycles. The normalized spacial score (nSPS) is 41.7. The molecule has 1 saturated carbocycles. The van der Waals surface area contributed by atoms with Crippen LogP contribution in [-0.4, -0.2) is 18.1 Å². The lowest BCUT2D eigenvalue weighted by Gasteiger charge is -2.03. The Bertz CT molecular complexity index is 116. The molecule has 1 nitrogen and oxygen atoms in total. The van der Waals surface area contributed by atoms with Crippen LogP contribution < -0.4 is 0 Å². The zero-order valence-corrected chi connectivity index (χ0v) is 5.27. The highest BCUT2D eigenvalue weighted by Crippen LogP contribution is 2.54. The second-order valence-electron chi connectivity index (χ2n) is 2.96. The molecule has 0 saturated heterocycles. The summed E-state index contributed by atoms with van der Waals surface area (Å²) in [4.78, 5) is 0. The van der Waals surface area contributed by atoms with Gasteiger partial charge in [0.25, 0.3) is 0 Å². The smallest absolute Gasteiger partial charge is 0.242 e. The lowest BCUT2D eigenvalue weighted by molar-refractivity contribution is 0.0899. The van der Waals surface area contributed by atoms with Crippen molar-refractivity contribution in [2.45, 2.75) is 19.8 Å². The summed E-state index contributed by atoms with van der Waals surface area (Å²) in [5.74, 6) is -0.553. The van der Waals surface area contributed by atoms with E-state index in [0.717, 1.165) is 0 Å². The Hall–Kier alpha value is -0.180. The predicted molar refractivity (Wildman–Crippen MR) is 29.3 cm³/mol. The summed E-state index contributed by atoms with van der Waals surface area (Å²) >= 11 is 0. The van der Waals surface area contributed by atoms with Gasteiger partial charge in [0, 0.05) is 12.5 Å². The molecule has 0 spiro atoms. The quantitative estimate of drug-likeness (QED) is 0.606. The van der Waals surface area contributed by atoms with E-state index in [1.807, 2.05) is 0 Å². The van der Waals surface area contributed by atoms with Crippen molar-refractivity contribution in [2.75, 3.05) is 6.61 Å². The fourth-order valence-electron chi connectivity index (χ4n) is 1.02. The minimum absolute atomic E-state index is 0.109. The first kappa shape index (κ1) is 6.93. The van der Waals surface area contributed by atoms with Crippen molar-refractivity contribution in [3.8, 4) is 0 Å². The average molecular weight is 136 g/mol. The van der Waals surface area contributed by atoms with Crippen LogP contribution in [0.25, 0.3) is 0 Å². The average Bonchev–Trinajstić information content (AvgIpc) is 2.44. The van der Waals surface area contributed by atoms with Gasteiger partial charge in [0.2, 0.25) is 6.43 Å². The lowest BCUT2D eigenvalue weighted by atomic mass is 10.1. The van der Waals surface area contributed by atoms with Gasteiger partial charge in [-0.25, -0.2) is 8.78 Å². The van der Waals surface area contributed by atoms with Crippen molar-refractivity contribution in [3.05, 3.63) is 0 Å². The largest absolute Gasteiger partial charge is 0.396 e. The van der Waals surface area contributed by atoms with Gasteiger partial charge in [-0.05, 0) is 11.8 Å². The van der Waals surface area contributed by atoms with E-state index in [1.165, 1.54) is 0 Å². The number of alkyl halides is 2. The molecule has 0 bridgehead atoms. The minimum Gasteiger partial charge on any atom is -0.396 e. The Morgan fingerprint density at radius 1 is 1.78 bits per heavy atom. The van der Waals surface area contributed by atoms with Gasteiger partial charge in [0.05, 0.1) is 0 Å². The minimum atomic E-state index is -2.25. The van der Waals surface area contributed by atoms with Crippen LogP contribution >= 0.6 is 0 Å². The van der Waals surface area contributed by atoms with E-state index in [4.69, 9.17) is 5.11 Å². The highest BCUT2D eigenvalue weighted by Gasteiger charge is 2.54. The van der Waals surface area contributed by atoms with Gasteiger partial charge in [0.15, 0.2) is 0 Å². The third-order valence-electron chi connectivity index (χ3n) is 2.09. The van der Waals surface area contributed by atoms with Crippen LogP contribution in [0.2, 0.25) is 0 Å². The van der Waals surface area contributed by atoms with E-state index in [1.54, 1.807) is 6.92 Å². The first-order chi connectivity index (χ1) is 4.10. The van der Waals surface area contributed by atoms with E-state index >= 15 is 0 Å². The van der Waals surface area contributed by atoms with Gasteiger partial charge in [0.1, 0.15) is 0 Å². The van der Waals surface area contributed by atoms with Crippen LogP contribution in [0, 0.1) is 11.3 Å². The molecule has 0 aromatic rings. The molecule has 1 N–H and O–H groups in total. The first-order valence-electron chi connectivity index (χ1n) is 2.99. The zero-order chi connectivity index (χ0) is 7.07. The Balaban J connectivity index is 2.38. The third kappa shape index (κ3) is 1.06. The van der Waals surface area contributed by atoms with E-state index in [2.05, 4.69) is 0 Å². The van der Waals surface area contributed by atoms with Crippen molar-refractivity contribution in [1.82, 2.24) is 0 Å². The first-order valence-corrected chi connectivity index (χ1v) is 2.99. The molecule has 0 radical (unpaired) electrons. The molecule has 54 valence electrons. The maximum Gasteiger partial charge on any atom is 0.242 e. The molecule has 1 fully saturated rings. The van der Waals surface area contributed by atoms with E-state index in [-0.39, 0.29) is 6.61 Å². The maximum absolute atomic E-state index is 11.8. The molecule has 0 unspecified atom stereocenters. The van der Waals surface area contributed by atoms with E-state index in [0.29, 0.717) is 6.42 Å². The molecule has 0 heterocycles. The van der Waals surface area contributed by atoms with Crippen LogP contribution in [0.3, 0.4) is 0 Å². The summed E-state index contributed by atoms with van der Waals surface area (Å²) in [6, 6.07) is 0. The molecule has 0 aliphatic heterocycles. The molecule has 1 aliphatic rings. The number of hydrogen-bond acceptors (Lipinski definition) is 1. The lowest BCUT2D eigenvalue weighted by Crippen LogP contribution is -2.08. The standard InChI is InChI=1S/C6H10F2O/c1-6(3-9)2-4(6)5(7)8/h4-5,9H,2-3H2,1H3/t4-,6-/m0/s1. The van der Waals surface area contributed by atoms with Crippen LogP contribution in [0.15, 0.2) is 0 Å². The molecular formula is C6H10F2O. The topological polar surface area (TPSA) is 20.2 Å². The second-order valence-corrected chi connectivity index (χ2v) is 2.96. The van der Waals surface area contributed by atoms with Crippen LogP contribution in [0.4, 0.5) is 8.78 Å². The van der Waals surface area contributed by atoms with Crippen LogP contribution in [0.1, 0.15) is 13.3 Å². The van der Waals surface area contributed by atoms with E-state index in [9.17, 15) is 8.78 Å². The van der Waals surface area contributed by atoms with Crippen molar-refractivity contribution in [2.24, 2.45) is 11.3 Å². The fourth-order valence-corrected chi connectivity index (χ4v) is 1.02. The fraction of sp³-hybridized carbons (Fsp3) is 1.00. The molecule has 9 heavy (non-hydrogen) atoms. The van der Waals surface area contributed by atoms with Crippen molar-refractivity contribution < 1.29 is 13.9 Å². The number of halogens is 2. The zero-order valence-electron chi connectivity index (χ0n) is 5.27. The van der Waals surface area contributed by atoms with Gasteiger partial charge in [-0.3, -0.25) is 0 Å². The predicted octanol–water partition coefficient (Wildman–Crippen LogP) is 1.27. The van der Waals surface area contributed by atoms with Gasteiger partial charge >= 0.3 is 0 Å². The molecule has 0 aromatic carbocycles. The summed E-state index contributed by atoms with van der Waals surface area (Å²) in [5, 5.41) is 8.55. The summed E-state index contributed by atoms with van der Waals surface area (Å²) < 4.78 is 23.6. The second kappa shape index (κ2) is 1.90. The maximum atomic E-state index is 11.8. The highest BCUT2D eigenvalue weighted by molar-refractivity contribution is 4.99. The number of aliphatic hydroxyl groups excluding tert-OH is 1. The monoisotopic (exact) mass is 136 g/mol. The molecule has 3 heteroatoms. The Morgan fingerprint density at radius 2 is 2.33 bits per heavy atom. The van der Waals surface area contributed by atoms with E-state index < -0.39 is 17.8 Å². The molecule has 2 atom stereocenters. The van der Waals surface area contributed by atoms with Crippen LogP contribution in [-0.2, 0) is 0 Å². The Morgan fingerprint density at radius 3 is 2.44 bits per heavy atom.